The third kappa shape index (κ3) is 7.92. The van der Waals surface area contributed by atoms with E-state index in [4.69, 9.17) is 26.2 Å². The van der Waals surface area contributed by atoms with E-state index in [-0.39, 0.29) is 19.4 Å². The predicted octanol–water partition coefficient (Wildman–Crippen LogP) is 4.06. The smallest absolute Gasteiger partial charge is 0.121 e. The minimum Gasteiger partial charge on any atom is -0.491 e. The molecule has 2 N–H and O–H groups in total. The van der Waals surface area contributed by atoms with Gasteiger partial charge < -0.3 is 24.6 Å². The first-order valence-electron chi connectivity index (χ1n) is 11.6. The van der Waals surface area contributed by atoms with Crippen LogP contribution in [0.1, 0.15) is 22.9 Å². The van der Waals surface area contributed by atoms with Gasteiger partial charge in [-0.2, -0.15) is 0 Å². The molecule has 3 aromatic rings. The van der Waals surface area contributed by atoms with E-state index in [1.165, 1.54) is 5.56 Å². The Bertz CT molecular complexity index is 1020. The predicted molar refractivity (Wildman–Crippen MR) is 139 cm³/mol. The van der Waals surface area contributed by atoms with Crippen molar-refractivity contribution in [2.75, 3.05) is 51.6 Å². The summed E-state index contributed by atoms with van der Waals surface area (Å²) in [7, 11) is 1.65. The van der Waals surface area contributed by atoms with Crippen molar-refractivity contribution in [3.63, 3.8) is 0 Å². The van der Waals surface area contributed by atoms with Crippen LogP contribution in [-0.2, 0) is 11.3 Å². The molecule has 1 atom stereocenters. The van der Waals surface area contributed by atoms with Crippen molar-refractivity contribution in [1.29, 1.82) is 0 Å². The second kappa shape index (κ2) is 14.0. The highest BCUT2D eigenvalue weighted by Gasteiger charge is 2.29. The second-order valence-corrected chi connectivity index (χ2v) is 8.68. The summed E-state index contributed by atoms with van der Waals surface area (Å²) in [6.07, 6.45) is 1.74. The molecule has 1 fully saturated rings. The van der Waals surface area contributed by atoms with Crippen LogP contribution in [0, 0.1) is 6.92 Å². The number of aliphatic hydroxyl groups is 2. The molecule has 188 valence electrons. The highest BCUT2D eigenvalue weighted by atomic mass is 35.5. The van der Waals surface area contributed by atoms with Gasteiger partial charge in [0.1, 0.15) is 12.4 Å². The summed E-state index contributed by atoms with van der Waals surface area (Å²) in [6, 6.07) is 20.0. The molecule has 0 saturated carbocycles. The minimum absolute atomic E-state index is 0.0281. The Hall–Kier alpha value is -2.68. The average Bonchev–Trinajstić information content (AvgIpc) is 2.90. The Morgan fingerprint density at radius 2 is 1.83 bits per heavy atom. The third-order valence-corrected chi connectivity index (χ3v) is 6.07. The molecule has 0 amide bonds. The van der Waals surface area contributed by atoms with E-state index < -0.39 is 0 Å². The molecule has 1 aromatic heterocycles. The van der Waals surface area contributed by atoms with Gasteiger partial charge in [0.15, 0.2) is 0 Å². The first-order chi connectivity index (χ1) is 17.0. The van der Waals surface area contributed by atoms with Crippen LogP contribution in [0.15, 0.2) is 66.9 Å². The molecule has 1 aliphatic heterocycles. The summed E-state index contributed by atoms with van der Waals surface area (Å²) in [5, 5.41) is 18.8. The Morgan fingerprint density at radius 1 is 1.03 bits per heavy atom. The lowest BCUT2D eigenvalue weighted by Gasteiger charge is -2.42. The van der Waals surface area contributed by atoms with Crippen molar-refractivity contribution in [2.24, 2.45) is 0 Å². The van der Waals surface area contributed by atoms with Crippen molar-refractivity contribution in [3.8, 4) is 5.75 Å². The van der Waals surface area contributed by atoms with E-state index in [0.29, 0.717) is 18.2 Å². The van der Waals surface area contributed by atoms with Crippen LogP contribution in [0.25, 0.3) is 0 Å². The van der Waals surface area contributed by atoms with Crippen molar-refractivity contribution in [2.45, 2.75) is 19.6 Å². The van der Waals surface area contributed by atoms with Gasteiger partial charge in [0.05, 0.1) is 42.4 Å². The molecule has 0 radical (unpaired) electrons. The van der Waals surface area contributed by atoms with Gasteiger partial charge in [-0.05, 0) is 36.2 Å². The Morgan fingerprint density at radius 3 is 2.46 bits per heavy atom. The normalized spacial score (nSPS) is 15.9. The number of nitrogens with zero attached hydrogens (tertiary/aromatic N) is 3. The van der Waals surface area contributed by atoms with Crippen molar-refractivity contribution in [1.82, 2.24) is 9.88 Å². The number of benzene rings is 2. The maximum atomic E-state index is 9.56. The zero-order valence-electron chi connectivity index (χ0n) is 20.3. The molecule has 0 spiro atoms. The van der Waals surface area contributed by atoms with Crippen LogP contribution in [-0.4, -0.2) is 66.8 Å². The summed E-state index contributed by atoms with van der Waals surface area (Å²) in [6.45, 7) is 5.44. The van der Waals surface area contributed by atoms with E-state index in [9.17, 15) is 5.11 Å². The quantitative estimate of drug-likeness (QED) is 0.452. The fourth-order valence-electron chi connectivity index (χ4n) is 3.86. The fourth-order valence-corrected chi connectivity index (χ4v) is 4.14. The number of aryl methyl sites for hydroxylation is 1. The largest absolute Gasteiger partial charge is 0.491 e. The number of aromatic nitrogens is 1. The Labute approximate surface area is 212 Å². The van der Waals surface area contributed by atoms with Gasteiger partial charge in [0.25, 0.3) is 0 Å². The topological polar surface area (TPSA) is 78.3 Å². The van der Waals surface area contributed by atoms with Crippen molar-refractivity contribution in [3.05, 3.63) is 88.7 Å². The molecule has 35 heavy (non-hydrogen) atoms. The van der Waals surface area contributed by atoms with Crippen LogP contribution < -0.4 is 9.64 Å². The summed E-state index contributed by atoms with van der Waals surface area (Å²) < 4.78 is 10.7. The van der Waals surface area contributed by atoms with Crippen LogP contribution >= 0.6 is 11.6 Å². The maximum absolute atomic E-state index is 9.56. The van der Waals surface area contributed by atoms with Gasteiger partial charge in [0, 0.05) is 39.0 Å². The molecule has 1 aliphatic rings. The molecular formula is C27H34ClN3O4. The van der Waals surface area contributed by atoms with Crippen molar-refractivity contribution < 1.29 is 19.7 Å². The highest BCUT2D eigenvalue weighted by molar-refractivity contribution is 6.33. The maximum Gasteiger partial charge on any atom is 0.121 e. The van der Waals surface area contributed by atoms with Crippen LogP contribution in [0.3, 0.4) is 0 Å². The molecule has 0 bridgehead atoms. The van der Waals surface area contributed by atoms with E-state index >= 15 is 0 Å². The van der Waals surface area contributed by atoms with Crippen LogP contribution in [0.2, 0.25) is 5.02 Å². The number of methoxy groups -OCH3 is 1. The molecule has 0 aliphatic carbocycles. The third-order valence-electron chi connectivity index (χ3n) is 5.77. The molecule has 7 nitrogen and oxygen atoms in total. The van der Waals surface area contributed by atoms with E-state index in [0.717, 1.165) is 42.3 Å². The number of piperazine rings is 1. The van der Waals surface area contributed by atoms with E-state index in [1.54, 1.807) is 13.3 Å². The van der Waals surface area contributed by atoms with Gasteiger partial charge >= 0.3 is 0 Å². The molecular weight excluding hydrogens is 466 g/mol. The monoisotopic (exact) mass is 499 g/mol. The van der Waals surface area contributed by atoms with Gasteiger partial charge in [-0.3, -0.25) is 9.88 Å². The summed E-state index contributed by atoms with van der Waals surface area (Å²) in [5.41, 5.74) is 4.03. The zero-order valence-corrected chi connectivity index (χ0v) is 21.1. The Kier molecular flexibility index (Phi) is 10.8. The summed E-state index contributed by atoms with van der Waals surface area (Å²) in [4.78, 5) is 8.30. The number of aliphatic hydroxyl groups excluding tert-OH is 2. The fraction of sp³-hybridized carbons (Fsp3) is 0.370. The SMILES string of the molecule is COCCOc1ccc(N2CCN(CO)C[C@H]2c2ccccc2)c(Cl)c1.Cc1ccc(CO)nc1. The molecule has 4 rings (SSSR count). The van der Waals surface area contributed by atoms with E-state index in [1.807, 2.05) is 60.4 Å². The molecule has 2 aromatic carbocycles. The Balaban J connectivity index is 0.000000320. The second-order valence-electron chi connectivity index (χ2n) is 8.28. The number of pyridine rings is 1. The molecule has 2 heterocycles. The minimum atomic E-state index is 0.0281. The molecule has 8 heteroatoms. The average molecular weight is 500 g/mol. The summed E-state index contributed by atoms with van der Waals surface area (Å²) >= 11 is 6.58. The van der Waals surface area contributed by atoms with Crippen LogP contribution in [0.4, 0.5) is 5.69 Å². The first kappa shape index (κ1) is 26.9. The number of anilines is 1. The number of hydrogen-bond acceptors (Lipinski definition) is 7. The number of ether oxygens (including phenoxy) is 2. The lowest BCUT2D eigenvalue weighted by Crippen LogP contribution is -2.48. The standard InChI is InChI=1S/C20H25ClN2O3.C7H9NO/c1-25-11-12-26-17-7-8-19(18(21)13-17)23-10-9-22(15-24)14-20(23)16-5-3-2-4-6-16;1-6-2-3-7(5-9)8-4-6/h2-8,13,20,24H,9-12,14-15H2,1H3;2-4,9H,5H2,1H3/t20-;/m0./s1. The van der Waals surface area contributed by atoms with Gasteiger partial charge in [-0.25, -0.2) is 0 Å². The van der Waals surface area contributed by atoms with E-state index in [2.05, 4.69) is 22.0 Å². The zero-order chi connectivity index (χ0) is 25.0. The van der Waals surface area contributed by atoms with Crippen molar-refractivity contribution >= 4 is 17.3 Å². The van der Waals surface area contributed by atoms with Gasteiger partial charge in [0.2, 0.25) is 0 Å². The summed E-state index contributed by atoms with van der Waals surface area (Å²) in [5.74, 6) is 0.737. The van der Waals surface area contributed by atoms with Gasteiger partial charge in [-0.1, -0.05) is 48.0 Å². The molecule has 0 unspecified atom stereocenters. The van der Waals surface area contributed by atoms with Crippen LogP contribution in [0.5, 0.6) is 5.75 Å². The first-order valence-corrected chi connectivity index (χ1v) is 12.0. The number of rotatable bonds is 8. The molecule has 1 saturated heterocycles. The highest BCUT2D eigenvalue weighted by Crippen LogP contribution is 2.36. The lowest BCUT2D eigenvalue weighted by atomic mass is 10.0. The van der Waals surface area contributed by atoms with Gasteiger partial charge in [-0.15, -0.1) is 0 Å². The number of hydrogen-bond donors (Lipinski definition) is 2. The number of halogens is 1. The lowest BCUT2D eigenvalue weighted by molar-refractivity contribution is 0.0883.